The van der Waals surface area contributed by atoms with Gasteiger partial charge in [0.2, 0.25) is 5.91 Å². The lowest BCUT2D eigenvalue weighted by atomic mass is 10.2. The van der Waals surface area contributed by atoms with Crippen molar-refractivity contribution in [1.29, 1.82) is 0 Å². The fourth-order valence-corrected chi connectivity index (χ4v) is 1.42. The molecule has 1 fully saturated rings. The van der Waals surface area contributed by atoms with Gasteiger partial charge in [-0.3, -0.25) is 4.79 Å². The van der Waals surface area contributed by atoms with Crippen molar-refractivity contribution in [3.8, 4) is 0 Å². The average Bonchev–Trinajstić information content (AvgIpc) is 3.03. The van der Waals surface area contributed by atoms with E-state index in [0.29, 0.717) is 12.6 Å². The third kappa shape index (κ3) is 3.72. The SMILES string of the molecule is O=C(CNCc1ccccc1)NC1CC1. The Kier molecular flexibility index (Phi) is 3.35. The van der Waals surface area contributed by atoms with Crippen LogP contribution in [0.15, 0.2) is 30.3 Å². The maximum absolute atomic E-state index is 11.3. The highest BCUT2D eigenvalue weighted by Crippen LogP contribution is 2.18. The van der Waals surface area contributed by atoms with Crippen molar-refractivity contribution < 1.29 is 4.79 Å². The predicted molar refractivity (Wildman–Crippen MR) is 59.3 cm³/mol. The van der Waals surface area contributed by atoms with E-state index >= 15 is 0 Å². The van der Waals surface area contributed by atoms with Crippen LogP contribution >= 0.6 is 0 Å². The number of hydrogen-bond acceptors (Lipinski definition) is 2. The summed E-state index contributed by atoms with van der Waals surface area (Å²) in [5.74, 6) is 0.105. The molecule has 0 saturated heterocycles. The Hall–Kier alpha value is -1.35. The van der Waals surface area contributed by atoms with Gasteiger partial charge in [-0.1, -0.05) is 30.3 Å². The van der Waals surface area contributed by atoms with E-state index in [2.05, 4.69) is 10.6 Å². The first-order valence-corrected chi connectivity index (χ1v) is 5.38. The maximum Gasteiger partial charge on any atom is 0.234 e. The number of carbonyl (C=O) groups excluding carboxylic acids is 1. The molecule has 2 rings (SSSR count). The maximum atomic E-state index is 11.3. The van der Waals surface area contributed by atoms with E-state index in [0.717, 1.165) is 19.4 Å². The molecule has 2 N–H and O–H groups in total. The quantitative estimate of drug-likeness (QED) is 0.753. The van der Waals surface area contributed by atoms with Gasteiger partial charge in [0.05, 0.1) is 6.54 Å². The molecule has 0 unspecified atom stereocenters. The molecule has 3 heteroatoms. The summed E-state index contributed by atoms with van der Waals surface area (Å²) in [4.78, 5) is 11.3. The Morgan fingerprint density at radius 1 is 1.27 bits per heavy atom. The van der Waals surface area contributed by atoms with Gasteiger partial charge in [0.15, 0.2) is 0 Å². The van der Waals surface area contributed by atoms with Gasteiger partial charge in [0, 0.05) is 12.6 Å². The molecule has 0 atom stereocenters. The van der Waals surface area contributed by atoms with Crippen molar-refractivity contribution in [1.82, 2.24) is 10.6 Å². The number of benzene rings is 1. The molecule has 0 bridgehead atoms. The molecule has 3 nitrogen and oxygen atoms in total. The minimum absolute atomic E-state index is 0.105. The summed E-state index contributed by atoms with van der Waals surface area (Å²) < 4.78 is 0. The van der Waals surface area contributed by atoms with Crippen molar-refractivity contribution in [3.05, 3.63) is 35.9 Å². The predicted octanol–water partition coefficient (Wildman–Crippen LogP) is 1.05. The first kappa shape index (κ1) is 10.2. The molecule has 0 spiro atoms. The van der Waals surface area contributed by atoms with E-state index in [1.165, 1.54) is 5.56 Å². The van der Waals surface area contributed by atoms with Crippen LogP contribution in [-0.2, 0) is 11.3 Å². The Labute approximate surface area is 89.9 Å². The van der Waals surface area contributed by atoms with Crippen molar-refractivity contribution in [2.45, 2.75) is 25.4 Å². The second kappa shape index (κ2) is 4.94. The molecule has 0 radical (unpaired) electrons. The first-order valence-electron chi connectivity index (χ1n) is 5.38. The minimum atomic E-state index is 0.105. The fraction of sp³-hybridized carbons (Fsp3) is 0.417. The Morgan fingerprint density at radius 3 is 2.67 bits per heavy atom. The highest BCUT2D eigenvalue weighted by atomic mass is 16.2. The van der Waals surface area contributed by atoms with Crippen LogP contribution in [-0.4, -0.2) is 18.5 Å². The molecule has 1 saturated carbocycles. The highest BCUT2D eigenvalue weighted by molar-refractivity contribution is 5.78. The van der Waals surface area contributed by atoms with E-state index in [4.69, 9.17) is 0 Å². The zero-order valence-electron chi connectivity index (χ0n) is 8.70. The van der Waals surface area contributed by atoms with Gasteiger partial charge in [0.25, 0.3) is 0 Å². The standard InChI is InChI=1S/C12H16N2O/c15-12(14-11-6-7-11)9-13-8-10-4-2-1-3-5-10/h1-5,11,13H,6-9H2,(H,14,15). The van der Waals surface area contributed by atoms with Crippen molar-refractivity contribution >= 4 is 5.91 Å². The van der Waals surface area contributed by atoms with Gasteiger partial charge in [-0.05, 0) is 18.4 Å². The topological polar surface area (TPSA) is 41.1 Å². The van der Waals surface area contributed by atoms with E-state index in [9.17, 15) is 4.79 Å². The molecule has 1 amide bonds. The van der Waals surface area contributed by atoms with Gasteiger partial charge in [0.1, 0.15) is 0 Å². The minimum Gasteiger partial charge on any atom is -0.352 e. The van der Waals surface area contributed by atoms with Crippen LogP contribution in [0.2, 0.25) is 0 Å². The Bertz CT molecular complexity index is 320. The summed E-state index contributed by atoms with van der Waals surface area (Å²) in [6.45, 7) is 1.16. The van der Waals surface area contributed by atoms with Gasteiger partial charge in [-0.15, -0.1) is 0 Å². The third-order valence-corrected chi connectivity index (χ3v) is 2.40. The molecular weight excluding hydrogens is 188 g/mol. The molecule has 0 aliphatic heterocycles. The van der Waals surface area contributed by atoms with E-state index in [1.807, 2.05) is 30.3 Å². The second-order valence-corrected chi connectivity index (χ2v) is 3.93. The lowest BCUT2D eigenvalue weighted by molar-refractivity contribution is -0.120. The molecule has 1 aliphatic rings. The average molecular weight is 204 g/mol. The van der Waals surface area contributed by atoms with Crippen molar-refractivity contribution in [2.75, 3.05) is 6.54 Å². The number of amides is 1. The van der Waals surface area contributed by atoms with Gasteiger partial charge >= 0.3 is 0 Å². The van der Waals surface area contributed by atoms with Crippen LogP contribution in [0, 0.1) is 0 Å². The summed E-state index contributed by atoms with van der Waals surface area (Å²) >= 11 is 0. The summed E-state index contributed by atoms with van der Waals surface area (Å²) in [5.41, 5.74) is 1.21. The summed E-state index contributed by atoms with van der Waals surface area (Å²) in [6, 6.07) is 10.5. The van der Waals surface area contributed by atoms with Crippen LogP contribution in [0.25, 0.3) is 0 Å². The van der Waals surface area contributed by atoms with Crippen LogP contribution in [0.5, 0.6) is 0 Å². The second-order valence-electron chi connectivity index (χ2n) is 3.93. The number of hydrogen-bond donors (Lipinski definition) is 2. The summed E-state index contributed by atoms with van der Waals surface area (Å²) in [7, 11) is 0. The van der Waals surface area contributed by atoms with Crippen molar-refractivity contribution in [3.63, 3.8) is 0 Å². The molecule has 0 heterocycles. The lowest BCUT2D eigenvalue weighted by Crippen LogP contribution is -2.34. The fourth-order valence-electron chi connectivity index (χ4n) is 1.42. The molecule has 15 heavy (non-hydrogen) atoms. The van der Waals surface area contributed by atoms with Gasteiger partial charge in [-0.25, -0.2) is 0 Å². The van der Waals surface area contributed by atoms with E-state index in [1.54, 1.807) is 0 Å². The molecule has 1 aromatic rings. The summed E-state index contributed by atoms with van der Waals surface area (Å²) in [5, 5.41) is 6.06. The van der Waals surface area contributed by atoms with Gasteiger partial charge < -0.3 is 10.6 Å². The number of nitrogens with one attached hydrogen (secondary N) is 2. The van der Waals surface area contributed by atoms with Crippen LogP contribution in [0.3, 0.4) is 0 Å². The molecular formula is C12H16N2O. The largest absolute Gasteiger partial charge is 0.352 e. The normalized spacial score (nSPS) is 14.9. The number of carbonyl (C=O) groups is 1. The zero-order chi connectivity index (χ0) is 10.5. The number of rotatable bonds is 5. The van der Waals surface area contributed by atoms with Crippen molar-refractivity contribution in [2.24, 2.45) is 0 Å². The molecule has 0 aromatic heterocycles. The third-order valence-electron chi connectivity index (χ3n) is 2.40. The summed E-state index contributed by atoms with van der Waals surface area (Å²) in [6.07, 6.45) is 2.29. The zero-order valence-corrected chi connectivity index (χ0v) is 8.70. The van der Waals surface area contributed by atoms with Crippen LogP contribution in [0.1, 0.15) is 18.4 Å². The van der Waals surface area contributed by atoms with E-state index in [-0.39, 0.29) is 5.91 Å². The van der Waals surface area contributed by atoms with E-state index < -0.39 is 0 Å². The molecule has 1 aromatic carbocycles. The monoisotopic (exact) mass is 204 g/mol. The Morgan fingerprint density at radius 2 is 2.00 bits per heavy atom. The first-order chi connectivity index (χ1) is 7.34. The lowest BCUT2D eigenvalue weighted by Gasteiger charge is -2.05. The molecule has 1 aliphatic carbocycles. The van der Waals surface area contributed by atoms with Gasteiger partial charge in [-0.2, -0.15) is 0 Å². The van der Waals surface area contributed by atoms with Crippen LogP contribution in [0.4, 0.5) is 0 Å². The smallest absolute Gasteiger partial charge is 0.234 e. The highest BCUT2D eigenvalue weighted by Gasteiger charge is 2.22. The Balaban J connectivity index is 1.63. The van der Waals surface area contributed by atoms with Crippen LogP contribution < -0.4 is 10.6 Å². The molecule has 80 valence electrons.